The van der Waals surface area contributed by atoms with Crippen LogP contribution in [0, 0.1) is 5.92 Å². The molecule has 2 aliphatic rings. The second-order valence-corrected chi connectivity index (χ2v) is 12.4. The third kappa shape index (κ3) is 8.23. The Morgan fingerprint density at radius 3 is 2.42 bits per heavy atom. The van der Waals surface area contributed by atoms with Gasteiger partial charge in [-0.3, -0.25) is 24.0 Å². The van der Waals surface area contributed by atoms with Crippen molar-refractivity contribution in [2.75, 3.05) is 13.7 Å². The van der Waals surface area contributed by atoms with Gasteiger partial charge in [-0.05, 0) is 49.7 Å². The summed E-state index contributed by atoms with van der Waals surface area (Å²) < 4.78 is 1.62. The van der Waals surface area contributed by atoms with E-state index in [0.29, 0.717) is 51.5 Å². The first-order valence-electron chi connectivity index (χ1n) is 16.5. The van der Waals surface area contributed by atoms with Crippen molar-refractivity contribution in [2.24, 2.45) is 5.92 Å². The average Bonchev–Trinajstić information content (AvgIpc) is 3.41. The van der Waals surface area contributed by atoms with E-state index in [2.05, 4.69) is 16.0 Å². The van der Waals surface area contributed by atoms with Crippen LogP contribution in [0.4, 0.5) is 0 Å². The fourth-order valence-electron chi connectivity index (χ4n) is 6.38. The van der Waals surface area contributed by atoms with Gasteiger partial charge in [0.2, 0.25) is 23.6 Å². The third-order valence-electron chi connectivity index (χ3n) is 9.36. The lowest BCUT2D eigenvalue weighted by Crippen LogP contribution is -2.64. The molecule has 2 aromatic rings. The van der Waals surface area contributed by atoms with Gasteiger partial charge >= 0.3 is 0 Å². The Labute approximate surface area is 265 Å². The number of amides is 4. The van der Waals surface area contributed by atoms with E-state index in [4.69, 9.17) is 4.84 Å². The first-order valence-corrected chi connectivity index (χ1v) is 16.5. The van der Waals surface area contributed by atoms with Crippen molar-refractivity contribution in [1.29, 1.82) is 0 Å². The maximum Gasteiger partial charge on any atom is 0.246 e. The number of aromatic nitrogens is 1. The zero-order valence-electron chi connectivity index (χ0n) is 27.1. The summed E-state index contributed by atoms with van der Waals surface area (Å²) >= 11 is 0. The van der Waals surface area contributed by atoms with E-state index < -0.39 is 36.0 Å². The number of para-hydroxylation sites is 1. The van der Waals surface area contributed by atoms with Gasteiger partial charge in [0, 0.05) is 37.4 Å². The van der Waals surface area contributed by atoms with Crippen LogP contribution in [0.3, 0.4) is 0 Å². The van der Waals surface area contributed by atoms with E-state index >= 15 is 0 Å². The monoisotopic (exact) mass is 623 g/mol. The van der Waals surface area contributed by atoms with Gasteiger partial charge in [0.25, 0.3) is 0 Å². The van der Waals surface area contributed by atoms with Gasteiger partial charge in [0.15, 0.2) is 0 Å². The Morgan fingerprint density at radius 1 is 0.956 bits per heavy atom. The molecule has 11 nitrogen and oxygen atoms in total. The molecule has 1 aromatic heterocycles. The molecule has 11 heteroatoms. The zero-order valence-corrected chi connectivity index (χ0v) is 27.1. The third-order valence-corrected chi connectivity index (χ3v) is 9.36. The number of Topliss-reactive ketones (excluding diaryl/α,β-unsaturated/α-hetero) is 1. The van der Waals surface area contributed by atoms with Crippen LogP contribution in [0.1, 0.15) is 90.5 Å². The minimum atomic E-state index is -1.01. The number of piperidine rings is 1. The number of unbranched alkanes of at least 4 members (excludes halogenated alkanes) is 2. The minimum Gasteiger partial charge on any atom is -0.417 e. The SMILES string of the molecule is CCC(=O)CCCCCC1NC(=O)[C@H]2CCCCN2C(=O)[C@H](C(C)CC)NC(=O)[C@H](Cc2cn(OC)c3ccccc23)NC1=O. The highest BCUT2D eigenvalue weighted by Crippen LogP contribution is 2.24. The summed E-state index contributed by atoms with van der Waals surface area (Å²) in [6, 6.07) is 4.20. The molecule has 0 spiro atoms. The number of hydrogen-bond donors (Lipinski definition) is 3. The van der Waals surface area contributed by atoms with E-state index in [1.807, 2.05) is 45.0 Å². The van der Waals surface area contributed by atoms with Crippen LogP contribution >= 0.6 is 0 Å². The van der Waals surface area contributed by atoms with Gasteiger partial charge in [0.05, 0.1) is 5.52 Å². The summed E-state index contributed by atoms with van der Waals surface area (Å²) in [5, 5.41) is 9.75. The van der Waals surface area contributed by atoms with Crippen molar-refractivity contribution in [3.05, 3.63) is 36.0 Å². The molecule has 5 atom stereocenters. The number of nitrogens with zero attached hydrogens (tertiary/aromatic N) is 2. The number of carbonyl (C=O) groups excluding carboxylic acids is 5. The summed E-state index contributed by atoms with van der Waals surface area (Å²) in [5.74, 6) is -1.50. The number of rotatable bonds is 12. The lowest BCUT2D eigenvalue weighted by Gasteiger charge is -2.39. The smallest absolute Gasteiger partial charge is 0.246 e. The van der Waals surface area contributed by atoms with Crippen molar-refractivity contribution >= 4 is 40.3 Å². The second-order valence-electron chi connectivity index (χ2n) is 12.4. The summed E-state index contributed by atoms with van der Waals surface area (Å²) in [4.78, 5) is 74.5. The molecular weight excluding hydrogens is 574 g/mol. The standard InChI is InChI=1S/C34H49N5O6/c1-5-22(3)30-34(44)38-19-13-12-18-29(38)33(43)35-26(16-9-7-8-14-24(40)6-2)31(41)36-27(32(42)37-30)20-23-21-39(45-4)28-17-11-10-15-25(23)28/h10-11,15,17,21-22,26-27,29-30H,5-9,12-14,16,18-20H2,1-4H3,(H,35,43)(H,36,41)(H,37,42)/t22?,26?,27-,29+,30-/m0/s1. The Balaban J connectivity index is 1.66. The van der Waals surface area contributed by atoms with Crippen LogP contribution in [0.25, 0.3) is 10.9 Å². The second kappa shape index (κ2) is 15.9. The molecule has 3 heterocycles. The Morgan fingerprint density at radius 2 is 1.69 bits per heavy atom. The van der Waals surface area contributed by atoms with Crippen molar-refractivity contribution < 1.29 is 28.8 Å². The molecule has 3 N–H and O–H groups in total. The van der Waals surface area contributed by atoms with E-state index in [-0.39, 0.29) is 29.9 Å². The van der Waals surface area contributed by atoms with E-state index in [1.165, 1.54) is 0 Å². The normalized spacial score (nSPS) is 23.7. The van der Waals surface area contributed by atoms with Crippen LogP contribution in [0.2, 0.25) is 0 Å². The molecule has 4 rings (SSSR count). The van der Waals surface area contributed by atoms with Crippen molar-refractivity contribution in [2.45, 2.75) is 116 Å². The molecule has 4 amide bonds. The Bertz CT molecular complexity index is 1370. The van der Waals surface area contributed by atoms with E-state index in [0.717, 1.165) is 35.7 Å². The van der Waals surface area contributed by atoms with Crippen LogP contribution in [-0.2, 0) is 30.4 Å². The van der Waals surface area contributed by atoms with Crippen molar-refractivity contribution in [3.63, 3.8) is 0 Å². The molecule has 2 fully saturated rings. The van der Waals surface area contributed by atoms with Gasteiger partial charge in [0.1, 0.15) is 37.1 Å². The highest BCUT2D eigenvalue weighted by atomic mass is 16.6. The van der Waals surface area contributed by atoms with E-state index in [9.17, 15) is 24.0 Å². The number of hydrogen-bond acceptors (Lipinski definition) is 6. The molecule has 1 aromatic carbocycles. The molecule has 0 aliphatic carbocycles. The summed E-state index contributed by atoms with van der Waals surface area (Å²) in [6.45, 7) is 6.14. The molecule has 0 saturated carbocycles. The Kier molecular flexibility index (Phi) is 12.0. The molecule has 246 valence electrons. The largest absolute Gasteiger partial charge is 0.417 e. The quantitative estimate of drug-likeness (QED) is 0.311. The predicted molar refractivity (Wildman–Crippen MR) is 171 cm³/mol. The maximum absolute atomic E-state index is 14.0. The highest BCUT2D eigenvalue weighted by Gasteiger charge is 2.40. The summed E-state index contributed by atoms with van der Waals surface area (Å²) in [5.41, 5.74) is 1.62. The highest BCUT2D eigenvalue weighted by molar-refractivity contribution is 5.98. The number of ketones is 1. The van der Waals surface area contributed by atoms with Crippen LogP contribution < -0.4 is 20.8 Å². The first-order chi connectivity index (χ1) is 21.7. The molecular formula is C34H49N5O6. The molecule has 45 heavy (non-hydrogen) atoms. The average molecular weight is 624 g/mol. The van der Waals surface area contributed by atoms with Gasteiger partial charge < -0.3 is 25.7 Å². The van der Waals surface area contributed by atoms with Gasteiger partial charge in [-0.15, -0.1) is 0 Å². The van der Waals surface area contributed by atoms with E-state index in [1.54, 1.807) is 22.9 Å². The minimum absolute atomic E-state index is 0.155. The lowest BCUT2D eigenvalue weighted by molar-refractivity contribution is -0.147. The molecule has 2 unspecified atom stereocenters. The number of nitrogens with one attached hydrogen (secondary N) is 3. The fraction of sp³-hybridized carbons (Fsp3) is 0.618. The topological polar surface area (TPSA) is 139 Å². The fourth-order valence-corrected chi connectivity index (χ4v) is 6.38. The predicted octanol–water partition coefficient (Wildman–Crippen LogP) is 3.07. The van der Waals surface area contributed by atoms with Crippen molar-refractivity contribution in [3.8, 4) is 0 Å². The van der Waals surface area contributed by atoms with Gasteiger partial charge in [-0.2, -0.15) is 4.73 Å². The molecule has 0 bridgehead atoms. The number of fused-ring (bicyclic) bond motifs is 2. The number of benzene rings is 1. The molecule has 2 saturated heterocycles. The maximum atomic E-state index is 14.0. The summed E-state index contributed by atoms with van der Waals surface area (Å²) in [6.07, 6.45) is 8.07. The van der Waals surface area contributed by atoms with Gasteiger partial charge in [-0.1, -0.05) is 58.2 Å². The van der Waals surface area contributed by atoms with Crippen LogP contribution in [-0.4, -0.2) is 76.9 Å². The zero-order chi connectivity index (χ0) is 32.5. The van der Waals surface area contributed by atoms with Gasteiger partial charge in [-0.25, -0.2) is 0 Å². The van der Waals surface area contributed by atoms with Crippen molar-refractivity contribution in [1.82, 2.24) is 25.6 Å². The summed E-state index contributed by atoms with van der Waals surface area (Å²) in [7, 11) is 1.56. The molecule has 2 aliphatic heterocycles. The lowest BCUT2D eigenvalue weighted by atomic mass is 9.93. The first kappa shape index (κ1) is 34.0. The molecule has 0 radical (unpaired) electrons. The van der Waals surface area contributed by atoms with Crippen LogP contribution in [0.5, 0.6) is 0 Å². The number of carbonyl (C=O) groups is 5. The van der Waals surface area contributed by atoms with Crippen LogP contribution in [0.15, 0.2) is 30.5 Å². The Hall–Kier alpha value is -3.89.